The number of benzene rings is 1. The Morgan fingerprint density at radius 1 is 1.21 bits per heavy atom. The average Bonchev–Trinajstić information content (AvgIpc) is 2.44. The van der Waals surface area contributed by atoms with E-state index in [1.807, 2.05) is 19.2 Å². The fourth-order valence-electron chi connectivity index (χ4n) is 1.92. The number of pyridine rings is 1. The maximum atomic E-state index is 5.82. The normalized spacial score (nSPS) is 12.4. The van der Waals surface area contributed by atoms with Crippen molar-refractivity contribution in [3.8, 4) is 0 Å². The molecule has 0 saturated carbocycles. The van der Waals surface area contributed by atoms with Gasteiger partial charge in [0.2, 0.25) is 0 Å². The molecule has 0 saturated heterocycles. The number of nitrogens with zero attached hydrogens (tertiary/aromatic N) is 1. The van der Waals surface area contributed by atoms with Crippen LogP contribution < -0.4 is 5.32 Å². The average molecular weight is 293 g/mol. The van der Waals surface area contributed by atoms with E-state index in [1.54, 1.807) is 18.0 Å². The van der Waals surface area contributed by atoms with E-state index in [-0.39, 0.29) is 0 Å². The van der Waals surface area contributed by atoms with Crippen molar-refractivity contribution in [2.24, 2.45) is 0 Å². The highest BCUT2D eigenvalue weighted by Crippen LogP contribution is 2.28. The Morgan fingerprint density at radius 3 is 2.47 bits per heavy atom. The highest BCUT2D eigenvalue weighted by molar-refractivity contribution is 7.99. The van der Waals surface area contributed by atoms with E-state index < -0.39 is 0 Å². The van der Waals surface area contributed by atoms with Crippen molar-refractivity contribution in [3.63, 3.8) is 0 Å². The lowest BCUT2D eigenvalue weighted by Gasteiger charge is -2.14. The van der Waals surface area contributed by atoms with E-state index in [9.17, 15) is 0 Å². The van der Waals surface area contributed by atoms with Crippen molar-refractivity contribution in [2.45, 2.75) is 29.3 Å². The van der Waals surface area contributed by atoms with Crippen LogP contribution in [0.3, 0.4) is 0 Å². The Hall–Kier alpha value is -1.03. The molecule has 1 aromatic carbocycles. The third-order valence-electron chi connectivity index (χ3n) is 2.96. The van der Waals surface area contributed by atoms with Crippen molar-refractivity contribution in [1.29, 1.82) is 0 Å². The first-order valence-corrected chi connectivity index (χ1v) is 7.49. The predicted octanol–water partition coefficient (Wildman–Crippen LogP) is 4.56. The highest BCUT2D eigenvalue weighted by atomic mass is 35.5. The second-order valence-electron chi connectivity index (χ2n) is 4.24. The summed E-state index contributed by atoms with van der Waals surface area (Å²) in [5, 5.41) is 4.93. The Kier molecular flexibility index (Phi) is 5.25. The van der Waals surface area contributed by atoms with Gasteiger partial charge in [-0.2, -0.15) is 0 Å². The Balaban J connectivity index is 2.08. The molecule has 4 heteroatoms. The molecule has 0 spiro atoms. The minimum absolute atomic E-state index is 0.424. The Morgan fingerprint density at radius 2 is 1.95 bits per heavy atom. The third kappa shape index (κ3) is 3.96. The van der Waals surface area contributed by atoms with Gasteiger partial charge in [0.15, 0.2) is 0 Å². The summed E-state index contributed by atoms with van der Waals surface area (Å²) in [4.78, 5) is 5.47. The molecule has 0 aliphatic rings. The van der Waals surface area contributed by atoms with Gasteiger partial charge in [-0.05, 0) is 43.3 Å². The SMILES string of the molecule is CCC(NC)c1ccc(Sc2ccc(Cl)cn2)cc1. The van der Waals surface area contributed by atoms with Crippen molar-refractivity contribution in [1.82, 2.24) is 10.3 Å². The molecule has 1 unspecified atom stereocenters. The van der Waals surface area contributed by atoms with E-state index in [0.29, 0.717) is 11.1 Å². The summed E-state index contributed by atoms with van der Waals surface area (Å²) < 4.78 is 0. The lowest BCUT2D eigenvalue weighted by atomic mass is 10.1. The zero-order valence-electron chi connectivity index (χ0n) is 11.1. The molecule has 0 amide bonds. The maximum Gasteiger partial charge on any atom is 0.101 e. The summed E-state index contributed by atoms with van der Waals surface area (Å²) in [6.07, 6.45) is 2.76. The predicted molar refractivity (Wildman–Crippen MR) is 81.9 cm³/mol. The Labute approximate surface area is 123 Å². The van der Waals surface area contributed by atoms with Crippen LogP contribution in [-0.2, 0) is 0 Å². The number of nitrogens with one attached hydrogen (secondary N) is 1. The minimum Gasteiger partial charge on any atom is -0.313 e. The summed E-state index contributed by atoms with van der Waals surface area (Å²) in [6, 6.07) is 12.8. The smallest absolute Gasteiger partial charge is 0.101 e. The van der Waals surface area contributed by atoms with E-state index in [4.69, 9.17) is 11.6 Å². The van der Waals surface area contributed by atoms with Gasteiger partial charge in [0.1, 0.15) is 5.03 Å². The van der Waals surface area contributed by atoms with Crippen molar-refractivity contribution in [3.05, 3.63) is 53.2 Å². The van der Waals surface area contributed by atoms with Gasteiger partial charge in [-0.25, -0.2) is 4.98 Å². The highest BCUT2D eigenvalue weighted by Gasteiger charge is 2.06. The summed E-state index contributed by atoms with van der Waals surface area (Å²) in [5.41, 5.74) is 1.32. The topological polar surface area (TPSA) is 24.9 Å². The summed E-state index contributed by atoms with van der Waals surface area (Å²) >= 11 is 7.47. The molecule has 100 valence electrons. The molecule has 0 fully saturated rings. The fraction of sp³-hybridized carbons (Fsp3) is 0.267. The second kappa shape index (κ2) is 6.94. The molecule has 0 radical (unpaired) electrons. The molecular formula is C15H17ClN2S. The monoisotopic (exact) mass is 292 g/mol. The quantitative estimate of drug-likeness (QED) is 0.874. The first kappa shape index (κ1) is 14.4. The maximum absolute atomic E-state index is 5.82. The number of halogens is 1. The van der Waals surface area contributed by atoms with Gasteiger partial charge in [0, 0.05) is 17.1 Å². The fourth-order valence-corrected chi connectivity index (χ4v) is 2.78. The van der Waals surface area contributed by atoms with Crippen LogP contribution in [0.15, 0.2) is 52.5 Å². The van der Waals surface area contributed by atoms with E-state index >= 15 is 0 Å². The van der Waals surface area contributed by atoms with Crippen LogP contribution >= 0.6 is 23.4 Å². The molecule has 1 atom stereocenters. The van der Waals surface area contributed by atoms with Crippen LogP contribution in [0.2, 0.25) is 5.02 Å². The van der Waals surface area contributed by atoms with E-state index in [0.717, 1.165) is 11.4 Å². The number of aromatic nitrogens is 1. The molecular weight excluding hydrogens is 276 g/mol. The third-order valence-corrected chi connectivity index (χ3v) is 4.14. The van der Waals surface area contributed by atoms with E-state index in [1.165, 1.54) is 10.5 Å². The molecule has 2 nitrogen and oxygen atoms in total. The van der Waals surface area contributed by atoms with E-state index in [2.05, 4.69) is 41.5 Å². The molecule has 0 aliphatic heterocycles. The van der Waals surface area contributed by atoms with Gasteiger partial charge < -0.3 is 5.32 Å². The molecule has 1 aromatic heterocycles. The molecule has 19 heavy (non-hydrogen) atoms. The summed E-state index contributed by atoms with van der Waals surface area (Å²) in [5.74, 6) is 0. The molecule has 2 aromatic rings. The van der Waals surface area contributed by atoms with Crippen molar-refractivity contribution >= 4 is 23.4 Å². The zero-order valence-corrected chi connectivity index (χ0v) is 12.6. The molecule has 1 N–H and O–H groups in total. The van der Waals surface area contributed by atoms with Crippen LogP contribution in [-0.4, -0.2) is 12.0 Å². The number of rotatable bonds is 5. The van der Waals surface area contributed by atoms with Crippen molar-refractivity contribution < 1.29 is 0 Å². The first-order chi connectivity index (χ1) is 9.22. The molecule has 1 heterocycles. The van der Waals surface area contributed by atoms with Crippen molar-refractivity contribution in [2.75, 3.05) is 7.05 Å². The number of hydrogen-bond donors (Lipinski definition) is 1. The second-order valence-corrected chi connectivity index (χ2v) is 5.77. The van der Waals surface area contributed by atoms with Crippen LogP contribution in [0.5, 0.6) is 0 Å². The van der Waals surface area contributed by atoms with Crippen LogP contribution in [0.1, 0.15) is 24.9 Å². The first-order valence-electron chi connectivity index (χ1n) is 6.29. The lowest BCUT2D eigenvalue weighted by molar-refractivity contribution is 0.576. The summed E-state index contributed by atoms with van der Waals surface area (Å²) in [7, 11) is 1.99. The van der Waals surface area contributed by atoms with Gasteiger partial charge in [0.05, 0.1) is 5.02 Å². The zero-order chi connectivity index (χ0) is 13.7. The van der Waals surface area contributed by atoms with Crippen LogP contribution in [0, 0.1) is 0 Å². The number of hydrogen-bond acceptors (Lipinski definition) is 3. The van der Waals surface area contributed by atoms with Gasteiger partial charge in [-0.15, -0.1) is 0 Å². The molecule has 0 aliphatic carbocycles. The van der Waals surface area contributed by atoms with Gasteiger partial charge in [0.25, 0.3) is 0 Å². The standard InChI is InChI=1S/C15H17ClN2S/c1-3-14(17-2)11-4-7-13(8-5-11)19-15-9-6-12(16)10-18-15/h4-10,14,17H,3H2,1-2H3. The molecule has 2 rings (SSSR count). The summed E-state index contributed by atoms with van der Waals surface area (Å²) in [6.45, 7) is 2.18. The molecule has 0 bridgehead atoms. The van der Waals surface area contributed by atoms with Gasteiger partial charge >= 0.3 is 0 Å². The van der Waals surface area contributed by atoms with Gasteiger partial charge in [-0.3, -0.25) is 0 Å². The van der Waals surface area contributed by atoms with Crippen LogP contribution in [0.4, 0.5) is 0 Å². The lowest BCUT2D eigenvalue weighted by Crippen LogP contribution is -2.14. The largest absolute Gasteiger partial charge is 0.313 e. The van der Waals surface area contributed by atoms with Crippen LogP contribution in [0.25, 0.3) is 0 Å². The Bertz CT molecular complexity index is 507. The van der Waals surface area contributed by atoms with Gasteiger partial charge in [-0.1, -0.05) is 42.4 Å². The minimum atomic E-state index is 0.424.